The summed E-state index contributed by atoms with van der Waals surface area (Å²) in [5.41, 5.74) is 0.749. The first-order valence-electron chi connectivity index (χ1n) is 5.60. The molecule has 0 spiro atoms. The Bertz CT molecular complexity index is 440. The molecule has 0 aliphatic rings. The van der Waals surface area contributed by atoms with E-state index in [1.807, 2.05) is 6.92 Å². The Balaban J connectivity index is 2.45. The van der Waals surface area contributed by atoms with Crippen molar-refractivity contribution in [1.29, 1.82) is 0 Å². The fraction of sp³-hybridized carbons (Fsp3) is 0.500. The van der Waals surface area contributed by atoms with Crippen LogP contribution in [0.25, 0.3) is 0 Å². The summed E-state index contributed by atoms with van der Waals surface area (Å²) in [6.45, 7) is 1.94. The van der Waals surface area contributed by atoms with Crippen molar-refractivity contribution in [1.82, 2.24) is 0 Å². The summed E-state index contributed by atoms with van der Waals surface area (Å²) >= 11 is 0. The first-order valence-corrected chi connectivity index (χ1v) is 7.42. The average molecular weight is 258 g/mol. The largest absolute Gasteiger partial charge is 0.493 e. The van der Waals surface area contributed by atoms with Crippen LogP contribution in [0.3, 0.4) is 0 Å². The molecule has 1 N–H and O–H groups in total. The summed E-state index contributed by atoms with van der Waals surface area (Å²) in [6.07, 6.45) is 0.627. The molecule has 0 bridgehead atoms. The van der Waals surface area contributed by atoms with E-state index >= 15 is 0 Å². The first kappa shape index (κ1) is 14.0. The Kier molecular flexibility index (Phi) is 5.44. The summed E-state index contributed by atoms with van der Waals surface area (Å²) in [5.74, 6) is 0.820. The maximum absolute atomic E-state index is 11.4. The van der Waals surface area contributed by atoms with Gasteiger partial charge in [-0.2, -0.15) is 0 Å². The molecule has 4 nitrogen and oxygen atoms in total. The van der Waals surface area contributed by atoms with Gasteiger partial charge in [0.2, 0.25) is 0 Å². The maximum Gasteiger partial charge on any atom is 0.153 e. The molecule has 0 aliphatic heterocycles. The lowest BCUT2D eigenvalue weighted by Crippen LogP contribution is -2.16. The lowest BCUT2D eigenvalue weighted by molar-refractivity contribution is 0.280. The topological polar surface area (TPSA) is 63.6 Å². The predicted molar refractivity (Wildman–Crippen MR) is 66.8 cm³/mol. The average Bonchev–Trinajstić information content (AvgIpc) is 2.29. The van der Waals surface area contributed by atoms with E-state index in [-0.39, 0.29) is 24.7 Å². The number of benzene rings is 1. The highest BCUT2D eigenvalue weighted by Gasteiger charge is 2.09. The third kappa shape index (κ3) is 5.19. The van der Waals surface area contributed by atoms with Gasteiger partial charge in [-0.05, 0) is 24.1 Å². The Morgan fingerprint density at radius 2 is 2.06 bits per heavy atom. The van der Waals surface area contributed by atoms with E-state index in [4.69, 9.17) is 9.84 Å². The molecule has 96 valence electrons. The molecule has 0 atom stereocenters. The second-order valence-electron chi connectivity index (χ2n) is 3.81. The van der Waals surface area contributed by atoms with Crippen LogP contribution < -0.4 is 4.74 Å². The van der Waals surface area contributed by atoms with Crippen molar-refractivity contribution in [3.05, 3.63) is 29.8 Å². The zero-order chi connectivity index (χ0) is 12.7. The molecule has 0 saturated heterocycles. The highest BCUT2D eigenvalue weighted by molar-refractivity contribution is 7.91. The minimum atomic E-state index is -2.99. The monoisotopic (exact) mass is 258 g/mol. The summed E-state index contributed by atoms with van der Waals surface area (Å²) < 4.78 is 28.2. The highest BCUT2D eigenvalue weighted by Crippen LogP contribution is 2.13. The van der Waals surface area contributed by atoms with Crippen LogP contribution in [0.15, 0.2) is 24.3 Å². The second kappa shape index (κ2) is 6.61. The van der Waals surface area contributed by atoms with Crippen molar-refractivity contribution in [2.75, 3.05) is 18.1 Å². The minimum absolute atomic E-state index is 0.0319. The summed E-state index contributed by atoms with van der Waals surface area (Å²) in [4.78, 5) is 0. The molecule has 0 unspecified atom stereocenters. The van der Waals surface area contributed by atoms with Crippen LogP contribution in [-0.4, -0.2) is 31.6 Å². The molecular weight excluding hydrogens is 240 g/mol. The number of sulfone groups is 1. The fourth-order valence-corrected chi connectivity index (χ4v) is 2.60. The smallest absolute Gasteiger partial charge is 0.153 e. The van der Waals surface area contributed by atoms with Crippen molar-refractivity contribution >= 4 is 9.84 Å². The zero-order valence-corrected chi connectivity index (χ0v) is 10.7. The van der Waals surface area contributed by atoms with Crippen LogP contribution in [0.4, 0.5) is 0 Å². The molecular formula is C12H18O4S. The molecule has 0 aliphatic carbocycles. The first-order chi connectivity index (χ1) is 8.07. The number of ether oxygens (including phenoxy) is 1. The number of hydrogen-bond acceptors (Lipinski definition) is 4. The predicted octanol–water partition coefficient (Wildman–Crippen LogP) is 1.38. The van der Waals surface area contributed by atoms with Crippen molar-refractivity contribution in [3.8, 4) is 5.75 Å². The standard InChI is InChI=1S/C12H18O4S/c1-2-7-17(14,15)8-6-16-12-5-3-4-11(9-12)10-13/h3-5,9,13H,2,6-8,10H2,1H3. The van der Waals surface area contributed by atoms with Gasteiger partial charge in [0.1, 0.15) is 12.4 Å². The highest BCUT2D eigenvalue weighted by atomic mass is 32.2. The zero-order valence-electron chi connectivity index (χ0n) is 9.93. The van der Waals surface area contributed by atoms with Gasteiger partial charge in [-0.3, -0.25) is 0 Å². The van der Waals surface area contributed by atoms with Crippen molar-refractivity contribution in [2.24, 2.45) is 0 Å². The fourth-order valence-electron chi connectivity index (χ4n) is 1.43. The van der Waals surface area contributed by atoms with E-state index in [2.05, 4.69) is 0 Å². The van der Waals surface area contributed by atoms with E-state index < -0.39 is 9.84 Å². The molecule has 0 amide bonds. The van der Waals surface area contributed by atoms with Gasteiger partial charge in [0, 0.05) is 0 Å². The van der Waals surface area contributed by atoms with E-state index in [9.17, 15) is 8.42 Å². The van der Waals surface area contributed by atoms with Gasteiger partial charge in [0.15, 0.2) is 9.84 Å². The van der Waals surface area contributed by atoms with Gasteiger partial charge in [0.25, 0.3) is 0 Å². The Hall–Kier alpha value is -1.07. The normalized spacial score (nSPS) is 11.4. The lowest BCUT2D eigenvalue weighted by atomic mass is 10.2. The number of aliphatic hydroxyl groups excluding tert-OH is 1. The van der Waals surface area contributed by atoms with Gasteiger partial charge >= 0.3 is 0 Å². The molecule has 0 heterocycles. The minimum Gasteiger partial charge on any atom is -0.493 e. The van der Waals surface area contributed by atoms with Gasteiger partial charge in [-0.25, -0.2) is 8.42 Å². The quantitative estimate of drug-likeness (QED) is 0.802. The molecule has 0 saturated carbocycles. The van der Waals surface area contributed by atoms with Gasteiger partial charge in [-0.15, -0.1) is 0 Å². The second-order valence-corrected chi connectivity index (χ2v) is 6.11. The SMILES string of the molecule is CCCS(=O)(=O)CCOc1cccc(CO)c1. The molecule has 0 fully saturated rings. The third-order valence-electron chi connectivity index (χ3n) is 2.26. The van der Waals surface area contributed by atoms with Crippen LogP contribution in [0.5, 0.6) is 5.75 Å². The van der Waals surface area contributed by atoms with Crippen LogP contribution in [-0.2, 0) is 16.4 Å². The van der Waals surface area contributed by atoms with E-state index in [0.29, 0.717) is 12.2 Å². The molecule has 1 aromatic carbocycles. The Morgan fingerprint density at radius 1 is 1.29 bits per heavy atom. The maximum atomic E-state index is 11.4. The van der Waals surface area contributed by atoms with Crippen LogP contribution in [0.2, 0.25) is 0 Å². The van der Waals surface area contributed by atoms with E-state index in [1.54, 1.807) is 24.3 Å². The van der Waals surface area contributed by atoms with E-state index in [0.717, 1.165) is 5.56 Å². The third-order valence-corrected chi connectivity index (χ3v) is 4.08. The van der Waals surface area contributed by atoms with Crippen LogP contribution in [0, 0.1) is 0 Å². The Labute approximate surface area is 102 Å². The van der Waals surface area contributed by atoms with Crippen LogP contribution in [0.1, 0.15) is 18.9 Å². The molecule has 1 rings (SSSR count). The van der Waals surface area contributed by atoms with Gasteiger partial charge in [0.05, 0.1) is 18.1 Å². The molecule has 0 radical (unpaired) electrons. The van der Waals surface area contributed by atoms with Gasteiger partial charge < -0.3 is 9.84 Å². The summed E-state index contributed by atoms with van der Waals surface area (Å²) in [5, 5.41) is 8.94. The van der Waals surface area contributed by atoms with Crippen molar-refractivity contribution in [2.45, 2.75) is 20.0 Å². The van der Waals surface area contributed by atoms with Crippen molar-refractivity contribution in [3.63, 3.8) is 0 Å². The van der Waals surface area contributed by atoms with E-state index in [1.165, 1.54) is 0 Å². The number of hydrogen-bond donors (Lipinski definition) is 1. The molecule has 5 heteroatoms. The summed E-state index contributed by atoms with van der Waals surface area (Å²) in [7, 11) is -2.99. The van der Waals surface area contributed by atoms with Gasteiger partial charge in [-0.1, -0.05) is 19.1 Å². The molecule has 17 heavy (non-hydrogen) atoms. The van der Waals surface area contributed by atoms with Crippen molar-refractivity contribution < 1.29 is 18.3 Å². The van der Waals surface area contributed by atoms with Crippen LogP contribution >= 0.6 is 0 Å². The number of aliphatic hydroxyl groups is 1. The summed E-state index contributed by atoms with van der Waals surface area (Å²) in [6, 6.07) is 6.99. The molecule has 0 aromatic heterocycles. The lowest BCUT2D eigenvalue weighted by Gasteiger charge is -2.07. The molecule has 1 aromatic rings. The number of rotatable bonds is 7. The Morgan fingerprint density at radius 3 is 2.71 bits per heavy atom.